The smallest absolute Gasteiger partial charge is 0.167 e. The summed E-state index contributed by atoms with van der Waals surface area (Å²) in [6.07, 6.45) is 0. The van der Waals surface area contributed by atoms with Gasteiger partial charge < -0.3 is 13.4 Å². The molecule has 0 aliphatic heterocycles. The van der Waals surface area contributed by atoms with E-state index in [0.29, 0.717) is 23.1 Å². The van der Waals surface area contributed by atoms with E-state index in [4.69, 9.17) is 23.8 Å². The van der Waals surface area contributed by atoms with E-state index in [1.165, 1.54) is 10.8 Å². The van der Waals surface area contributed by atoms with Gasteiger partial charge in [0.15, 0.2) is 17.5 Å². The first-order chi connectivity index (χ1) is 31.2. The van der Waals surface area contributed by atoms with Crippen molar-refractivity contribution in [3.8, 4) is 62.1 Å². The summed E-state index contributed by atoms with van der Waals surface area (Å²) >= 11 is 0. The highest BCUT2D eigenvalue weighted by molar-refractivity contribution is 6.16. The highest BCUT2D eigenvalue weighted by Gasteiger charge is 2.22. The quantitative estimate of drug-likeness (QED) is 0.167. The third kappa shape index (κ3) is 5.62. The van der Waals surface area contributed by atoms with Gasteiger partial charge in [-0.2, -0.15) is 0 Å². The molecule has 0 aliphatic rings. The van der Waals surface area contributed by atoms with Crippen LogP contribution in [-0.2, 0) is 0 Å². The molecule has 0 amide bonds. The lowest BCUT2D eigenvalue weighted by atomic mass is 9.97. The van der Waals surface area contributed by atoms with Crippen LogP contribution in [0.2, 0.25) is 0 Å². The lowest BCUT2D eigenvalue weighted by Gasteiger charge is -2.14. The molecular formula is C57H34N4O2. The highest BCUT2D eigenvalue weighted by Crippen LogP contribution is 2.43. The van der Waals surface area contributed by atoms with Gasteiger partial charge >= 0.3 is 0 Å². The highest BCUT2D eigenvalue weighted by atomic mass is 16.3. The van der Waals surface area contributed by atoms with Gasteiger partial charge in [0.1, 0.15) is 22.3 Å². The molecule has 4 heterocycles. The minimum absolute atomic E-state index is 0.524. The first kappa shape index (κ1) is 35.2. The fourth-order valence-corrected chi connectivity index (χ4v) is 9.39. The van der Waals surface area contributed by atoms with Crippen molar-refractivity contribution in [2.45, 2.75) is 0 Å². The zero-order valence-corrected chi connectivity index (χ0v) is 33.7. The van der Waals surface area contributed by atoms with E-state index in [0.717, 1.165) is 94.0 Å². The van der Waals surface area contributed by atoms with Gasteiger partial charge in [-0.25, -0.2) is 15.0 Å². The van der Waals surface area contributed by atoms with Crippen LogP contribution in [0.3, 0.4) is 0 Å². The average molecular weight is 807 g/mol. The fraction of sp³-hybridized carbons (Fsp3) is 0. The molecule has 0 N–H and O–H groups in total. The van der Waals surface area contributed by atoms with Gasteiger partial charge in [-0.3, -0.25) is 0 Å². The van der Waals surface area contributed by atoms with Crippen LogP contribution in [-0.4, -0.2) is 19.5 Å². The molecule has 4 aromatic heterocycles. The van der Waals surface area contributed by atoms with Crippen LogP contribution in [0.5, 0.6) is 0 Å². The summed E-state index contributed by atoms with van der Waals surface area (Å²) in [5, 5.41) is 6.51. The van der Waals surface area contributed by atoms with Crippen LogP contribution in [0.15, 0.2) is 215 Å². The molecule has 9 aromatic carbocycles. The molecule has 63 heavy (non-hydrogen) atoms. The maximum absolute atomic E-state index is 6.90. The van der Waals surface area contributed by atoms with E-state index in [1.54, 1.807) is 0 Å². The number of hydrogen-bond donors (Lipinski definition) is 0. The number of aromatic nitrogens is 4. The Morgan fingerprint density at radius 2 is 0.857 bits per heavy atom. The van der Waals surface area contributed by atoms with Crippen molar-refractivity contribution in [2.75, 3.05) is 0 Å². The Labute approximate surface area is 361 Å². The van der Waals surface area contributed by atoms with Crippen molar-refractivity contribution in [1.29, 1.82) is 0 Å². The Bertz CT molecular complexity index is 3860. The predicted molar refractivity (Wildman–Crippen MR) is 256 cm³/mol. The Morgan fingerprint density at radius 1 is 0.317 bits per heavy atom. The third-order valence-electron chi connectivity index (χ3n) is 12.3. The molecule has 0 saturated heterocycles. The number of nitrogens with zero attached hydrogens (tertiary/aromatic N) is 4. The van der Waals surface area contributed by atoms with Crippen LogP contribution in [0.4, 0.5) is 0 Å². The summed E-state index contributed by atoms with van der Waals surface area (Å²) in [7, 11) is 0. The molecule has 0 unspecified atom stereocenters. The molecule has 6 heteroatoms. The molecule has 0 saturated carbocycles. The molecule has 0 radical (unpaired) electrons. The van der Waals surface area contributed by atoms with Crippen molar-refractivity contribution in [3.05, 3.63) is 206 Å². The van der Waals surface area contributed by atoms with Crippen molar-refractivity contribution < 1.29 is 8.83 Å². The van der Waals surface area contributed by atoms with Gasteiger partial charge in [0.2, 0.25) is 0 Å². The summed E-state index contributed by atoms with van der Waals surface area (Å²) in [6.45, 7) is 0. The van der Waals surface area contributed by atoms with Crippen molar-refractivity contribution >= 4 is 65.7 Å². The van der Waals surface area contributed by atoms with E-state index in [1.807, 2.05) is 42.5 Å². The Hall–Kier alpha value is -8.61. The first-order valence-electron chi connectivity index (χ1n) is 21.1. The van der Waals surface area contributed by atoms with Gasteiger partial charge in [0.05, 0.1) is 22.3 Å². The molecule has 294 valence electrons. The van der Waals surface area contributed by atoms with Gasteiger partial charge in [-0.15, -0.1) is 0 Å². The second-order valence-electron chi connectivity index (χ2n) is 15.9. The minimum atomic E-state index is 0.524. The Kier molecular flexibility index (Phi) is 7.80. The molecule has 0 fully saturated rings. The lowest BCUT2D eigenvalue weighted by Crippen LogP contribution is -2.00. The number of fused-ring (bicyclic) bond motifs is 9. The fourth-order valence-electron chi connectivity index (χ4n) is 9.39. The van der Waals surface area contributed by atoms with Gasteiger partial charge in [-0.1, -0.05) is 152 Å². The number of para-hydroxylation sites is 5. The Balaban J connectivity index is 1.01. The zero-order valence-electron chi connectivity index (χ0n) is 33.7. The lowest BCUT2D eigenvalue weighted by molar-refractivity contribution is 0.669. The molecular weight excluding hydrogens is 773 g/mol. The van der Waals surface area contributed by atoms with E-state index in [-0.39, 0.29) is 0 Å². The summed E-state index contributed by atoms with van der Waals surface area (Å²) in [6, 6.07) is 71.5. The third-order valence-corrected chi connectivity index (χ3v) is 12.3. The van der Waals surface area contributed by atoms with Crippen LogP contribution in [0.25, 0.3) is 128 Å². The largest absolute Gasteiger partial charge is 0.456 e. The van der Waals surface area contributed by atoms with Gasteiger partial charge in [0, 0.05) is 49.0 Å². The number of benzene rings is 9. The topological polar surface area (TPSA) is 69.9 Å². The Morgan fingerprint density at radius 3 is 1.67 bits per heavy atom. The van der Waals surface area contributed by atoms with Gasteiger partial charge in [0.25, 0.3) is 0 Å². The molecule has 13 rings (SSSR count). The molecule has 0 aliphatic carbocycles. The summed E-state index contributed by atoms with van der Waals surface area (Å²) in [5.41, 5.74) is 13.6. The number of hydrogen-bond acceptors (Lipinski definition) is 5. The predicted octanol–water partition coefficient (Wildman–Crippen LogP) is 15.1. The van der Waals surface area contributed by atoms with Crippen molar-refractivity contribution in [1.82, 2.24) is 19.5 Å². The molecule has 13 aromatic rings. The van der Waals surface area contributed by atoms with E-state index in [9.17, 15) is 0 Å². The summed E-state index contributed by atoms with van der Waals surface area (Å²) in [4.78, 5) is 15.6. The summed E-state index contributed by atoms with van der Waals surface area (Å²) < 4.78 is 15.5. The van der Waals surface area contributed by atoms with Crippen LogP contribution < -0.4 is 0 Å². The molecule has 6 nitrogen and oxygen atoms in total. The van der Waals surface area contributed by atoms with E-state index in [2.05, 4.69) is 168 Å². The minimum Gasteiger partial charge on any atom is -0.456 e. The van der Waals surface area contributed by atoms with Crippen LogP contribution in [0, 0.1) is 0 Å². The zero-order chi connectivity index (χ0) is 41.4. The number of rotatable bonds is 6. The monoisotopic (exact) mass is 806 g/mol. The first-order valence-corrected chi connectivity index (χ1v) is 21.1. The van der Waals surface area contributed by atoms with Crippen molar-refractivity contribution in [3.63, 3.8) is 0 Å². The van der Waals surface area contributed by atoms with Crippen LogP contribution in [0.1, 0.15) is 0 Å². The van der Waals surface area contributed by atoms with Crippen LogP contribution >= 0.6 is 0 Å². The van der Waals surface area contributed by atoms with E-state index < -0.39 is 0 Å². The molecule has 0 atom stereocenters. The second kappa shape index (κ2) is 14.0. The molecule has 0 bridgehead atoms. The van der Waals surface area contributed by atoms with Gasteiger partial charge in [-0.05, 0) is 71.3 Å². The maximum atomic E-state index is 6.90. The second-order valence-corrected chi connectivity index (χ2v) is 15.9. The van der Waals surface area contributed by atoms with Crippen molar-refractivity contribution in [2.24, 2.45) is 0 Å². The molecule has 0 spiro atoms. The summed E-state index contributed by atoms with van der Waals surface area (Å²) in [5.74, 6) is 1.65. The SMILES string of the molecule is c1ccc(-c2ccc(-c3nc(-c4ccc5oc6ccccc6c5c4)nc(-c4cccc5c4oc4cccc(-c6ccccc6-n6c7ccccc7c7ccccc76)c45)n3)cc2)cc1. The maximum Gasteiger partial charge on any atom is 0.167 e. The normalized spacial score (nSPS) is 11.8. The average Bonchev–Trinajstić information content (AvgIpc) is 4.04. The van der Waals surface area contributed by atoms with E-state index >= 15 is 0 Å². The standard InChI is InChI=1S/C57H34N4O2/c1-2-14-35(15-3-1)36-28-30-37(31-29-36)55-58-56(38-32-33-51-46(34-38)42-19-7-11-26-50(42)62-51)60-57(59-55)45-22-12-21-44-53-43(20-13-27-52(53)63-54(44)45)41-18-6-10-25-49(41)61-47-23-8-4-16-39(47)40-17-5-9-24-48(40)61/h1-34H. The number of furan rings is 2.